The van der Waals surface area contributed by atoms with Gasteiger partial charge in [-0.3, -0.25) is 62.7 Å². The normalized spacial score (nSPS) is 16.0. The smallest absolute Gasteiger partial charge is 0.433 e. The first-order valence-corrected chi connectivity index (χ1v) is 34.3. The first kappa shape index (κ1) is 92.3. The van der Waals surface area contributed by atoms with Crippen molar-refractivity contribution in [3.8, 4) is 0 Å². The van der Waals surface area contributed by atoms with Crippen LogP contribution in [0.3, 0.4) is 0 Å². The third kappa shape index (κ3) is 31.9. The first-order valence-electron chi connectivity index (χ1n) is 34.3. The zero-order chi connectivity index (χ0) is 81.1. The van der Waals surface area contributed by atoms with E-state index in [0.29, 0.717) is 6.07 Å². The number of aliphatic hydroxyl groups is 4. The number of carbonyl (C=O) groups excluding carboxylic acids is 13. The van der Waals surface area contributed by atoms with Crippen LogP contribution in [0, 0.1) is 29.1 Å². The quantitative estimate of drug-likeness (QED) is 0.0145. The van der Waals surface area contributed by atoms with Crippen LogP contribution in [0.5, 0.6) is 0 Å². The molecule has 0 fully saturated rings. The van der Waals surface area contributed by atoms with E-state index in [1.54, 1.807) is 83.1 Å². The lowest BCUT2D eigenvalue weighted by Gasteiger charge is -2.31. The molecule has 1 aromatic carbocycles. The summed E-state index contributed by atoms with van der Waals surface area (Å²) in [6, 6.07) is -7.87. The van der Waals surface area contributed by atoms with Gasteiger partial charge >= 0.3 is 18.2 Å². The highest BCUT2D eigenvalue weighted by molar-refractivity contribution is 5.99. The Hall–Kier alpha value is -9.82. The van der Waals surface area contributed by atoms with Crippen LogP contribution in [0.25, 0.3) is 0 Å². The molecule has 0 unspecified atom stereocenters. The molecule has 0 aliphatic carbocycles. The number of rotatable bonds is 41. The average Bonchev–Trinajstić information content (AvgIpc) is 0.820. The molecule has 0 saturated carbocycles. The summed E-state index contributed by atoms with van der Waals surface area (Å²) in [5, 5.41) is 66.3. The van der Waals surface area contributed by atoms with Crippen molar-refractivity contribution in [2.24, 2.45) is 57.0 Å². The summed E-state index contributed by atoms with van der Waals surface area (Å²) in [6.07, 6.45) is -13.1. The minimum atomic E-state index is -4.89. The van der Waals surface area contributed by atoms with E-state index >= 15 is 0 Å². The van der Waals surface area contributed by atoms with Gasteiger partial charge in [-0.2, -0.15) is 13.2 Å². The van der Waals surface area contributed by atoms with Crippen molar-refractivity contribution in [3.05, 3.63) is 65.5 Å². The molecule has 594 valence electrons. The highest BCUT2D eigenvalue weighted by atomic mass is 19.4. The number of aliphatic hydroxyl groups excluding tert-OH is 4. The average molecular weight is 1510 g/mol. The molecule has 1 heterocycles. The minimum Gasteiger partial charge on any atom is -0.453 e. The number of carbonyl (C=O) groups is 13. The summed E-state index contributed by atoms with van der Waals surface area (Å²) in [7, 11) is 0. The molecule has 0 bridgehead atoms. The number of hydrogen-bond donors (Lipinski definition) is 18. The Labute approximate surface area is 612 Å². The van der Waals surface area contributed by atoms with Crippen molar-refractivity contribution in [2.75, 3.05) is 19.7 Å². The molecular formula is C68H107F3N16O19. The molecule has 0 spiro atoms. The summed E-state index contributed by atoms with van der Waals surface area (Å²) >= 11 is 0. The summed E-state index contributed by atoms with van der Waals surface area (Å²) < 4.78 is 51.8. The van der Waals surface area contributed by atoms with E-state index in [0.717, 1.165) is 19.2 Å². The molecule has 38 heteroatoms. The van der Waals surface area contributed by atoms with Crippen LogP contribution in [-0.2, 0) is 79.6 Å². The molecule has 12 amide bonds. The maximum absolute atomic E-state index is 14.6. The Kier molecular flexibility index (Phi) is 36.9. The van der Waals surface area contributed by atoms with E-state index in [9.17, 15) is 95.9 Å². The van der Waals surface area contributed by atoms with Crippen LogP contribution in [0.4, 0.5) is 18.0 Å². The second kappa shape index (κ2) is 42.4. The Balaban J connectivity index is 2.50. The van der Waals surface area contributed by atoms with Crippen molar-refractivity contribution < 1.29 is 105 Å². The monoisotopic (exact) mass is 1510 g/mol. The van der Waals surface area contributed by atoms with Gasteiger partial charge in [0.15, 0.2) is 24.2 Å². The molecule has 0 aliphatic heterocycles. The fourth-order valence-corrected chi connectivity index (χ4v) is 10.2. The van der Waals surface area contributed by atoms with Gasteiger partial charge in [-0.1, -0.05) is 112 Å². The molecule has 15 atom stereocenters. The number of ether oxygens (including phenoxy) is 2. The van der Waals surface area contributed by atoms with Crippen LogP contribution in [0.15, 0.2) is 53.7 Å². The molecule has 1 aromatic heterocycles. The summed E-state index contributed by atoms with van der Waals surface area (Å²) in [4.78, 5) is 186. The number of pyridine rings is 1. The number of alkyl halides is 3. The van der Waals surface area contributed by atoms with E-state index in [1.165, 1.54) is 37.3 Å². The molecule has 0 radical (unpaired) electrons. The lowest BCUT2D eigenvalue weighted by molar-refractivity contribution is -0.158. The molecule has 2 aromatic rings. The third-order valence-electron chi connectivity index (χ3n) is 16.1. The second-order valence-corrected chi connectivity index (χ2v) is 28.6. The number of guanidine groups is 1. The van der Waals surface area contributed by atoms with E-state index in [2.05, 4.69) is 52.5 Å². The van der Waals surface area contributed by atoms with Gasteiger partial charge < -0.3 is 106 Å². The van der Waals surface area contributed by atoms with E-state index in [4.69, 9.17) is 32.4 Å². The number of alkyl carbamates (subject to hydrolysis) is 1. The van der Waals surface area contributed by atoms with E-state index in [1.807, 2.05) is 10.6 Å². The van der Waals surface area contributed by atoms with Crippen molar-refractivity contribution in [1.82, 2.24) is 58.2 Å². The lowest BCUT2D eigenvalue weighted by Crippen LogP contribution is -2.62. The van der Waals surface area contributed by atoms with E-state index in [-0.39, 0.29) is 67.6 Å². The van der Waals surface area contributed by atoms with Gasteiger partial charge in [0.25, 0.3) is 0 Å². The third-order valence-corrected chi connectivity index (χ3v) is 16.1. The van der Waals surface area contributed by atoms with Crippen LogP contribution < -0.4 is 76.1 Å². The Bertz CT molecular complexity index is 3350. The zero-order valence-electron chi connectivity index (χ0n) is 62.0. The summed E-state index contributed by atoms with van der Waals surface area (Å²) in [5.74, 6) is -17.1. The highest BCUT2D eigenvalue weighted by Crippen LogP contribution is 2.29. The number of nitrogens with zero attached hydrogens (tertiary/aromatic N) is 2. The minimum absolute atomic E-state index is 0.0000928. The molecule has 106 heavy (non-hydrogen) atoms. The van der Waals surface area contributed by atoms with Crippen molar-refractivity contribution in [1.29, 1.82) is 0 Å². The lowest BCUT2D eigenvalue weighted by atomic mass is 9.87. The van der Waals surface area contributed by atoms with Crippen molar-refractivity contribution in [3.63, 3.8) is 0 Å². The SMILES string of the molecule is CC[C@H](C)[C@H](NC(=O)[C@@H](CCCN=C(N)N)NC(=O)[C@H](CC(C)C)NC(=O)[C@@H](C)[C@H](O)C(C)C)C(=O)N[C@H](C(=O)NCC(=O)N[C@H](C(=O)N[C@@H](CO)C(=O)O[C@H](c1ccccc1)[C@H](NC(=O)[C@H](Cc1ccc(C(F)(F)F)nc1)NC(=O)[C@@H](CC(C)(C)C)NC(=O)OC(C)(C)C)C(N)=O)[C@H](O)C(N)=O)[C@H](C)O. The number of hydrogen-bond acceptors (Lipinski definition) is 21. The Morgan fingerprint density at radius 2 is 1.13 bits per heavy atom. The Morgan fingerprint density at radius 1 is 0.594 bits per heavy atom. The summed E-state index contributed by atoms with van der Waals surface area (Å²) in [6.45, 7) is 20.1. The van der Waals surface area contributed by atoms with Gasteiger partial charge in [-0.05, 0) is 93.7 Å². The molecule has 0 saturated heterocycles. The van der Waals surface area contributed by atoms with Crippen LogP contribution in [0.1, 0.15) is 152 Å². The van der Waals surface area contributed by atoms with Gasteiger partial charge in [0.05, 0.1) is 31.3 Å². The maximum Gasteiger partial charge on any atom is 0.433 e. The zero-order valence-corrected chi connectivity index (χ0v) is 62.0. The van der Waals surface area contributed by atoms with Crippen LogP contribution >= 0.6 is 0 Å². The van der Waals surface area contributed by atoms with Gasteiger partial charge in [-0.25, -0.2) is 9.59 Å². The Morgan fingerprint density at radius 3 is 1.63 bits per heavy atom. The fraction of sp³-hybridized carbons (Fsp3) is 0.632. The molecule has 0 aliphatic rings. The molecule has 22 N–H and O–H groups in total. The van der Waals surface area contributed by atoms with Crippen molar-refractivity contribution >= 4 is 83.0 Å². The van der Waals surface area contributed by atoms with Crippen LogP contribution in [-0.4, -0.2) is 206 Å². The number of esters is 1. The molecule has 2 rings (SSSR count). The number of nitrogens with one attached hydrogen (secondary N) is 10. The van der Waals surface area contributed by atoms with Gasteiger partial charge in [-0.15, -0.1) is 0 Å². The predicted octanol–water partition coefficient (Wildman–Crippen LogP) is -2.25. The standard InChI is InChI=1S/C68H107F3N16O19/c1-15-34(6)46(85-56(96)39(22-19-25-76-64(74)75)79-57(97)40(26-32(2)3)80-55(95)35(7)50(91)33(4)5)61(101)86-47(36(8)89)60(100)78-30-45(90)84-48(51(92)54(73)94)62(102)82-43(31-88)63(103)105-52(38-20-17-16-18-21-38)49(53(72)93)87-58(98)41(27-37-23-24-44(77-29-37)68(69,70)71)81-59(99)42(28-66(9,10)11)83-65(104)106-67(12,13)14/h16-18,20-21,23-24,29,32-36,39-43,46-52,88-89,91-92H,15,19,22,25-28,30-31H2,1-14H3,(H2,72,93)(H2,73,94)(H,78,100)(H,79,97)(H,80,95)(H,81,99)(H,82,102)(H,83,104)(H,84,90)(H,85,96)(H,86,101)(H,87,98)(H4,74,75,76)/t34-,35-,36-,39+,40-,41-,42+,43-,46-,47-,48-,49-,50+,51-,52+/m0/s1. The number of amides is 12. The number of benzene rings is 1. The number of primary amides is 2. The number of aromatic nitrogens is 1. The highest BCUT2D eigenvalue weighted by Gasteiger charge is 2.42. The maximum atomic E-state index is 14.6. The van der Waals surface area contributed by atoms with Crippen LogP contribution in [0.2, 0.25) is 0 Å². The van der Waals surface area contributed by atoms with Gasteiger partial charge in [0, 0.05) is 19.2 Å². The number of aliphatic imine (C=N–C) groups is 1. The summed E-state index contributed by atoms with van der Waals surface area (Å²) in [5.41, 5.74) is 18.9. The topological polar surface area (TPSA) is 571 Å². The van der Waals surface area contributed by atoms with E-state index < -0.39 is 210 Å². The van der Waals surface area contributed by atoms with Crippen molar-refractivity contribution in [2.45, 2.75) is 226 Å². The first-order chi connectivity index (χ1) is 49.0. The largest absolute Gasteiger partial charge is 0.453 e. The van der Waals surface area contributed by atoms with Gasteiger partial charge in [0.1, 0.15) is 59.6 Å². The predicted molar refractivity (Wildman–Crippen MR) is 376 cm³/mol. The number of nitrogens with two attached hydrogens (primary N) is 4. The number of halogens is 3. The molecule has 35 nitrogen and oxygen atoms in total. The second-order valence-electron chi connectivity index (χ2n) is 28.6. The molecular weight excluding hydrogens is 1400 g/mol. The van der Waals surface area contributed by atoms with Gasteiger partial charge in [0.2, 0.25) is 65.0 Å². The fourth-order valence-electron chi connectivity index (χ4n) is 10.2.